The van der Waals surface area contributed by atoms with Crippen LogP contribution in [0.15, 0.2) is 23.1 Å². The molecule has 2 aromatic rings. The minimum Gasteiger partial charge on any atom is -0.462 e. The Balaban J connectivity index is 1.62. The summed E-state index contributed by atoms with van der Waals surface area (Å²) >= 11 is 1.40. The number of hydrogen-bond acceptors (Lipinski definition) is 6. The largest absolute Gasteiger partial charge is 0.462 e. The normalized spacial score (nSPS) is 16.8. The zero-order chi connectivity index (χ0) is 23.6. The van der Waals surface area contributed by atoms with E-state index in [4.69, 9.17) is 4.74 Å². The van der Waals surface area contributed by atoms with Gasteiger partial charge in [0.1, 0.15) is 5.00 Å². The number of nitrogens with zero attached hydrogens (tertiary/aromatic N) is 1. The number of nitrogens with one attached hydrogen (secondary N) is 1. The minimum atomic E-state index is -3.69. The molecule has 33 heavy (non-hydrogen) atoms. The Bertz CT molecular complexity index is 1160. The van der Waals surface area contributed by atoms with Crippen molar-refractivity contribution in [2.45, 2.75) is 63.7 Å². The molecule has 1 aromatic heterocycles. The van der Waals surface area contributed by atoms with E-state index in [0.29, 0.717) is 29.2 Å². The third-order valence-corrected chi connectivity index (χ3v) is 9.51. The van der Waals surface area contributed by atoms with Crippen LogP contribution in [0.2, 0.25) is 0 Å². The predicted octanol–water partition coefficient (Wildman–Crippen LogP) is 4.54. The molecule has 0 unspecified atom stereocenters. The number of aryl methyl sites for hydroxylation is 2. The summed E-state index contributed by atoms with van der Waals surface area (Å²) in [5, 5.41) is 3.33. The number of rotatable bonds is 6. The summed E-state index contributed by atoms with van der Waals surface area (Å²) in [7, 11) is -3.69. The summed E-state index contributed by atoms with van der Waals surface area (Å²) in [6.45, 7) is 4.76. The van der Waals surface area contributed by atoms with Crippen LogP contribution in [-0.4, -0.2) is 44.3 Å². The van der Waals surface area contributed by atoms with Gasteiger partial charge in [-0.1, -0.05) is 18.9 Å². The lowest BCUT2D eigenvalue weighted by atomic mass is 10.1. The number of thiophene rings is 1. The molecule has 0 saturated carbocycles. The van der Waals surface area contributed by atoms with Crippen LogP contribution >= 0.6 is 11.3 Å². The maximum absolute atomic E-state index is 13.3. The molecule has 7 nitrogen and oxygen atoms in total. The van der Waals surface area contributed by atoms with Crippen LogP contribution in [-0.2, 0) is 27.6 Å². The van der Waals surface area contributed by atoms with E-state index in [1.54, 1.807) is 26.0 Å². The van der Waals surface area contributed by atoms with Crippen molar-refractivity contribution in [1.29, 1.82) is 0 Å². The second-order valence-electron chi connectivity index (χ2n) is 8.53. The lowest BCUT2D eigenvalue weighted by Gasteiger charge is -2.21. The fourth-order valence-electron chi connectivity index (χ4n) is 4.53. The second-order valence-corrected chi connectivity index (χ2v) is 11.5. The van der Waals surface area contributed by atoms with Crippen molar-refractivity contribution >= 4 is 38.2 Å². The summed E-state index contributed by atoms with van der Waals surface area (Å²) in [6, 6.07) is 4.74. The summed E-state index contributed by atoms with van der Waals surface area (Å²) in [6.07, 6.45) is 6.40. The molecule has 1 aliphatic carbocycles. The van der Waals surface area contributed by atoms with E-state index in [-0.39, 0.29) is 17.1 Å². The van der Waals surface area contributed by atoms with E-state index in [1.807, 2.05) is 0 Å². The number of benzene rings is 1. The molecule has 1 aliphatic heterocycles. The van der Waals surface area contributed by atoms with Crippen molar-refractivity contribution in [2.24, 2.45) is 0 Å². The average Bonchev–Trinajstić information content (AvgIpc) is 3.23. The third-order valence-electron chi connectivity index (χ3n) is 6.26. The molecule has 4 rings (SSSR count). The molecule has 0 radical (unpaired) electrons. The molecule has 0 atom stereocenters. The van der Waals surface area contributed by atoms with Crippen LogP contribution in [0.25, 0.3) is 0 Å². The Morgan fingerprint density at radius 1 is 1.09 bits per heavy atom. The van der Waals surface area contributed by atoms with E-state index < -0.39 is 21.9 Å². The molecular weight excluding hydrogens is 460 g/mol. The van der Waals surface area contributed by atoms with Gasteiger partial charge in [-0.15, -0.1) is 11.3 Å². The maximum atomic E-state index is 13.3. The van der Waals surface area contributed by atoms with Crippen molar-refractivity contribution in [2.75, 3.05) is 25.0 Å². The predicted molar refractivity (Wildman–Crippen MR) is 129 cm³/mol. The van der Waals surface area contributed by atoms with E-state index in [0.717, 1.165) is 55.4 Å². The highest BCUT2D eigenvalue weighted by atomic mass is 32.2. The number of esters is 1. The van der Waals surface area contributed by atoms with Crippen molar-refractivity contribution in [1.82, 2.24) is 4.31 Å². The number of carbonyl (C=O) groups is 2. The quantitative estimate of drug-likeness (QED) is 0.600. The minimum absolute atomic E-state index is 0.163. The van der Waals surface area contributed by atoms with Crippen molar-refractivity contribution in [3.63, 3.8) is 0 Å². The SMILES string of the molecule is CCOC(=O)c1c(NC(=O)c2ccc(C)c(S(=O)(=O)N3CCCCCC3)c2)sc2c1CCC2. The zero-order valence-corrected chi connectivity index (χ0v) is 20.7. The number of amides is 1. The highest BCUT2D eigenvalue weighted by Crippen LogP contribution is 2.39. The van der Waals surface area contributed by atoms with Crippen LogP contribution in [0.3, 0.4) is 0 Å². The van der Waals surface area contributed by atoms with Gasteiger partial charge >= 0.3 is 5.97 Å². The van der Waals surface area contributed by atoms with Gasteiger partial charge in [-0.05, 0) is 69.2 Å². The van der Waals surface area contributed by atoms with E-state index in [2.05, 4.69) is 5.32 Å². The van der Waals surface area contributed by atoms with Gasteiger partial charge in [0.05, 0.1) is 17.1 Å². The van der Waals surface area contributed by atoms with Gasteiger partial charge in [0, 0.05) is 23.5 Å². The first kappa shape index (κ1) is 23.9. The van der Waals surface area contributed by atoms with Crippen molar-refractivity contribution in [3.05, 3.63) is 45.3 Å². The van der Waals surface area contributed by atoms with E-state index in [1.165, 1.54) is 21.7 Å². The van der Waals surface area contributed by atoms with E-state index >= 15 is 0 Å². The molecule has 1 saturated heterocycles. The Hall–Kier alpha value is -2.23. The fraction of sp³-hybridized carbons (Fsp3) is 0.500. The van der Waals surface area contributed by atoms with E-state index in [9.17, 15) is 18.0 Å². The first-order chi connectivity index (χ1) is 15.8. The number of hydrogen-bond donors (Lipinski definition) is 1. The topological polar surface area (TPSA) is 92.8 Å². The highest BCUT2D eigenvalue weighted by molar-refractivity contribution is 7.89. The number of ether oxygens (including phenoxy) is 1. The van der Waals surface area contributed by atoms with Crippen LogP contribution in [0.4, 0.5) is 5.00 Å². The van der Waals surface area contributed by atoms with Crippen molar-refractivity contribution < 1.29 is 22.7 Å². The lowest BCUT2D eigenvalue weighted by Crippen LogP contribution is -2.32. The summed E-state index contributed by atoms with van der Waals surface area (Å²) in [4.78, 5) is 27.0. The molecule has 2 heterocycles. The van der Waals surface area contributed by atoms with Gasteiger partial charge in [0.25, 0.3) is 5.91 Å². The summed E-state index contributed by atoms with van der Waals surface area (Å²) in [5.74, 6) is -0.867. The number of fused-ring (bicyclic) bond motifs is 1. The summed E-state index contributed by atoms with van der Waals surface area (Å²) in [5.41, 5.74) is 2.25. The monoisotopic (exact) mass is 490 g/mol. The smallest absolute Gasteiger partial charge is 0.341 e. The van der Waals surface area contributed by atoms with Gasteiger partial charge in [-0.2, -0.15) is 4.31 Å². The Morgan fingerprint density at radius 3 is 2.52 bits per heavy atom. The van der Waals surface area contributed by atoms with Crippen LogP contribution in [0.1, 0.15) is 75.7 Å². The van der Waals surface area contributed by atoms with Crippen molar-refractivity contribution in [3.8, 4) is 0 Å². The van der Waals surface area contributed by atoms with Crippen LogP contribution in [0, 0.1) is 6.92 Å². The number of sulfonamides is 1. The van der Waals surface area contributed by atoms with Gasteiger partial charge < -0.3 is 10.1 Å². The van der Waals surface area contributed by atoms with Gasteiger partial charge in [0.15, 0.2) is 0 Å². The molecule has 2 aliphatic rings. The molecule has 1 amide bonds. The number of carbonyl (C=O) groups excluding carboxylic acids is 2. The molecule has 0 spiro atoms. The number of anilines is 1. The molecule has 1 N–H and O–H groups in total. The Labute approximate surface area is 199 Å². The first-order valence-corrected chi connectivity index (χ1v) is 13.8. The molecule has 0 bridgehead atoms. The van der Waals surface area contributed by atoms with Gasteiger partial charge in [-0.3, -0.25) is 4.79 Å². The summed E-state index contributed by atoms with van der Waals surface area (Å²) < 4.78 is 33.4. The molecule has 178 valence electrons. The maximum Gasteiger partial charge on any atom is 0.341 e. The Morgan fingerprint density at radius 2 is 1.82 bits per heavy atom. The first-order valence-electron chi connectivity index (χ1n) is 11.6. The molecule has 9 heteroatoms. The zero-order valence-electron chi connectivity index (χ0n) is 19.1. The molecule has 1 fully saturated rings. The average molecular weight is 491 g/mol. The standard InChI is InChI=1S/C24H30N2O5S2/c1-3-31-24(28)21-18-9-8-10-19(18)32-23(21)25-22(27)17-12-11-16(2)20(15-17)33(29,30)26-13-6-4-5-7-14-26/h11-12,15H,3-10,13-14H2,1-2H3,(H,25,27). The molecular formula is C24H30N2O5S2. The lowest BCUT2D eigenvalue weighted by molar-refractivity contribution is 0.0527. The van der Waals surface area contributed by atoms with Crippen LogP contribution < -0.4 is 5.32 Å². The highest BCUT2D eigenvalue weighted by Gasteiger charge is 2.30. The molecule has 1 aromatic carbocycles. The third kappa shape index (κ3) is 4.85. The van der Waals surface area contributed by atoms with Crippen LogP contribution in [0.5, 0.6) is 0 Å². The van der Waals surface area contributed by atoms with Gasteiger partial charge in [-0.25, -0.2) is 13.2 Å². The second kappa shape index (κ2) is 9.95. The Kier molecular flexibility index (Phi) is 7.21. The fourth-order valence-corrected chi connectivity index (χ4v) is 7.57. The van der Waals surface area contributed by atoms with Gasteiger partial charge in [0.2, 0.25) is 10.0 Å².